The highest BCUT2D eigenvalue weighted by atomic mass is 35.5. The van der Waals surface area contributed by atoms with Crippen molar-refractivity contribution in [2.24, 2.45) is 0 Å². The molecule has 2 aromatic rings. The van der Waals surface area contributed by atoms with Crippen molar-refractivity contribution in [3.05, 3.63) is 71.8 Å². The highest BCUT2D eigenvalue weighted by molar-refractivity contribution is 6.64. The van der Waals surface area contributed by atoms with Crippen molar-refractivity contribution < 1.29 is 14.4 Å². The molecular weight excluding hydrogens is 340 g/mol. The summed E-state index contributed by atoms with van der Waals surface area (Å²) in [4.78, 5) is 40.3. The number of halogens is 1. The van der Waals surface area contributed by atoms with Crippen molar-refractivity contribution in [3.8, 4) is 0 Å². The van der Waals surface area contributed by atoms with Gasteiger partial charge in [0.05, 0.1) is 6.54 Å². The van der Waals surface area contributed by atoms with Crippen LogP contribution in [-0.4, -0.2) is 40.1 Å². The first kappa shape index (κ1) is 17.2. The minimum absolute atomic E-state index is 0.214. The molecule has 0 radical (unpaired) electrons. The molecule has 2 aromatic carbocycles. The van der Waals surface area contributed by atoms with Crippen molar-refractivity contribution in [2.45, 2.75) is 12.5 Å². The van der Waals surface area contributed by atoms with Gasteiger partial charge in [0.15, 0.2) is 5.54 Å². The van der Waals surface area contributed by atoms with Gasteiger partial charge in [-0.2, -0.15) is 0 Å². The van der Waals surface area contributed by atoms with Gasteiger partial charge in [-0.15, -0.1) is 0 Å². The van der Waals surface area contributed by atoms with E-state index in [1.807, 2.05) is 12.1 Å². The fourth-order valence-electron chi connectivity index (χ4n) is 3.36. The number of carbonyl (C=O) groups excluding carboxylic acids is 3. The smallest absolute Gasteiger partial charge is 0.293 e. The molecule has 3 rings (SSSR count). The van der Waals surface area contributed by atoms with Crippen LogP contribution in [0.25, 0.3) is 0 Å². The molecule has 6 heteroatoms. The van der Waals surface area contributed by atoms with E-state index in [0.717, 1.165) is 4.90 Å². The molecule has 0 saturated carbocycles. The number of likely N-dealkylation sites (N-methyl/N-ethyl adjacent to an activating group) is 1. The molecule has 0 spiro atoms. The summed E-state index contributed by atoms with van der Waals surface area (Å²) in [5.74, 6) is -0.379. The first-order valence-corrected chi connectivity index (χ1v) is 8.34. The summed E-state index contributed by atoms with van der Waals surface area (Å²) in [5, 5.41) is -0.699. The van der Waals surface area contributed by atoms with Gasteiger partial charge >= 0.3 is 6.03 Å². The molecule has 1 aliphatic rings. The second kappa shape index (κ2) is 6.69. The van der Waals surface area contributed by atoms with Crippen LogP contribution in [0.5, 0.6) is 0 Å². The summed E-state index contributed by atoms with van der Waals surface area (Å²) < 4.78 is 0. The van der Waals surface area contributed by atoms with Crippen molar-refractivity contribution in [2.75, 3.05) is 13.1 Å². The third-order valence-electron chi connectivity index (χ3n) is 4.40. The number of amides is 3. The number of rotatable bonds is 5. The Labute approximate surface area is 150 Å². The largest absolute Gasteiger partial charge is 0.328 e. The van der Waals surface area contributed by atoms with Crippen LogP contribution in [0.15, 0.2) is 60.7 Å². The van der Waals surface area contributed by atoms with Crippen LogP contribution in [0.1, 0.15) is 18.1 Å². The number of imide groups is 1. The maximum absolute atomic E-state index is 13.4. The normalized spacial score (nSPS) is 16.4. The van der Waals surface area contributed by atoms with Crippen molar-refractivity contribution in [3.63, 3.8) is 0 Å². The highest BCUT2D eigenvalue weighted by Crippen LogP contribution is 2.43. The lowest BCUT2D eigenvalue weighted by Crippen LogP contribution is -2.49. The van der Waals surface area contributed by atoms with Gasteiger partial charge in [-0.05, 0) is 29.7 Å². The Morgan fingerprint density at radius 1 is 0.960 bits per heavy atom. The Kier molecular flexibility index (Phi) is 4.59. The second-order valence-corrected chi connectivity index (χ2v) is 6.14. The predicted octanol–water partition coefficient (Wildman–Crippen LogP) is 2.98. The lowest BCUT2D eigenvalue weighted by molar-refractivity contribution is -0.132. The van der Waals surface area contributed by atoms with Crippen LogP contribution < -0.4 is 0 Å². The quantitative estimate of drug-likeness (QED) is 0.611. The molecule has 0 bridgehead atoms. The monoisotopic (exact) mass is 356 g/mol. The fraction of sp³-hybridized carbons (Fsp3) is 0.211. The van der Waals surface area contributed by atoms with Gasteiger partial charge < -0.3 is 0 Å². The third-order valence-corrected chi connectivity index (χ3v) is 4.52. The molecule has 1 fully saturated rings. The van der Waals surface area contributed by atoms with Crippen LogP contribution in [0.3, 0.4) is 0 Å². The zero-order valence-electron chi connectivity index (χ0n) is 13.7. The van der Waals surface area contributed by atoms with Gasteiger partial charge in [-0.3, -0.25) is 19.4 Å². The van der Waals surface area contributed by atoms with Crippen LogP contribution in [0.2, 0.25) is 0 Å². The Balaban J connectivity index is 2.33. The maximum Gasteiger partial charge on any atom is 0.328 e. The Hall–Kier alpha value is -2.66. The molecule has 1 aliphatic heterocycles. The number of carbonyl (C=O) groups is 3. The number of hydrogen-bond acceptors (Lipinski definition) is 3. The minimum Gasteiger partial charge on any atom is -0.293 e. The van der Waals surface area contributed by atoms with E-state index in [0.29, 0.717) is 11.1 Å². The maximum atomic E-state index is 13.4. The summed E-state index contributed by atoms with van der Waals surface area (Å²) in [5.41, 5.74) is -0.165. The van der Waals surface area contributed by atoms with Gasteiger partial charge in [0.25, 0.3) is 5.91 Å². The second-order valence-electron chi connectivity index (χ2n) is 5.72. The number of urea groups is 1. The predicted molar refractivity (Wildman–Crippen MR) is 94.0 cm³/mol. The molecule has 5 nitrogen and oxygen atoms in total. The van der Waals surface area contributed by atoms with Gasteiger partial charge in [0, 0.05) is 6.54 Å². The minimum atomic E-state index is -1.40. The molecule has 1 saturated heterocycles. The highest BCUT2D eigenvalue weighted by Gasteiger charge is 2.59. The van der Waals surface area contributed by atoms with Gasteiger partial charge in [0.2, 0.25) is 5.24 Å². The Morgan fingerprint density at radius 3 is 1.84 bits per heavy atom. The first-order chi connectivity index (χ1) is 12.0. The summed E-state index contributed by atoms with van der Waals surface area (Å²) in [6, 6.07) is 17.5. The molecule has 0 aliphatic carbocycles. The van der Waals surface area contributed by atoms with E-state index in [4.69, 9.17) is 11.6 Å². The van der Waals surface area contributed by atoms with E-state index in [9.17, 15) is 14.4 Å². The van der Waals surface area contributed by atoms with Gasteiger partial charge in [-0.25, -0.2) is 4.79 Å². The van der Waals surface area contributed by atoms with E-state index >= 15 is 0 Å². The summed E-state index contributed by atoms with van der Waals surface area (Å²) in [6.45, 7) is 1.58. The van der Waals surface area contributed by atoms with Crippen LogP contribution in [-0.2, 0) is 15.1 Å². The zero-order valence-corrected chi connectivity index (χ0v) is 14.4. The van der Waals surface area contributed by atoms with Crippen molar-refractivity contribution >= 4 is 28.8 Å². The van der Waals surface area contributed by atoms with Crippen molar-refractivity contribution in [1.29, 1.82) is 0 Å². The number of hydrogen-bond donors (Lipinski definition) is 0. The van der Waals surface area contributed by atoms with Gasteiger partial charge in [0.1, 0.15) is 0 Å². The van der Waals surface area contributed by atoms with E-state index in [1.165, 1.54) is 4.90 Å². The van der Waals surface area contributed by atoms with Crippen LogP contribution >= 0.6 is 11.6 Å². The van der Waals surface area contributed by atoms with E-state index in [1.54, 1.807) is 55.5 Å². The molecule has 0 N–H and O–H groups in total. The molecule has 0 atom stereocenters. The van der Waals surface area contributed by atoms with E-state index in [-0.39, 0.29) is 19.0 Å². The summed E-state index contributed by atoms with van der Waals surface area (Å²) >= 11 is 5.60. The summed E-state index contributed by atoms with van der Waals surface area (Å²) in [6.07, 6.45) is 0. The lowest BCUT2D eigenvalue weighted by Gasteiger charge is -2.35. The third kappa shape index (κ3) is 2.61. The molecule has 1 heterocycles. The Morgan fingerprint density at radius 2 is 1.44 bits per heavy atom. The van der Waals surface area contributed by atoms with Gasteiger partial charge in [-0.1, -0.05) is 60.7 Å². The molecule has 0 aromatic heterocycles. The standard InChI is InChI=1S/C19H17ClN2O3/c1-2-21-17(24)19(14-9-5-3-6-10-14,15-11-7-4-8-12-15)22(18(21)25)13-16(20)23/h3-12H,2,13H2,1H3. The molecular formula is C19H17ClN2O3. The topological polar surface area (TPSA) is 57.7 Å². The number of benzene rings is 2. The first-order valence-electron chi connectivity index (χ1n) is 7.96. The molecule has 25 heavy (non-hydrogen) atoms. The van der Waals surface area contributed by atoms with E-state index < -0.39 is 16.8 Å². The Bertz CT molecular complexity index is 768. The lowest BCUT2D eigenvalue weighted by atomic mass is 9.81. The molecule has 3 amide bonds. The average Bonchev–Trinajstić information content (AvgIpc) is 2.83. The summed E-state index contributed by atoms with van der Waals surface area (Å²) in [7, 11) is 0. The SMILES string of the molecule is CCN1C(=O)N(CC(=O)Cl)C(c2ccccc2)(c2ccccc2)C1=O. The van der Waals surface area contributed by atoms with Crippen LogP contribution in [0.4, 0.5) is 4.79 Å². The van der Waals surface area contributed by atoms with Crippen molar-refractivity contribution in [1.82, 2.24) is 9.80 Å². The molecule has 0 unspecified atom stereocenters. The fourth-order valence-corrected chi connectivity index (χ4v) is 3.48. The zero-order chi connectivity index (χ0) is 18.0. The number of nitrogens with zero attached hydrogens (tertiary/aromatic N) is 2. The van der Waals surface area contributed by atoms with Crippen LogP contribution in [0, 0.1) is 0 Å². The van der Waals surface area contributed by atoms with E-state index in [2.05, 4.69) is 0 Å². The molecule has 128 valence electrons. The average molecular weight is 357 g/mol.